The number of nitrogens with zero attached hydrogens (tertiary/aromatic N) is 4. The molecule has 30 heavy (non-hydrogen) atoms. The van der Waals surface area contributed by atoms with Crippen molar-refractivity contribution in [3.8, 4) is 0 Å². The fourth-order valence-electron chi connectivity index (χ4n) is 3.24. The van der Waals surface area contributed by atoms with Crippen LogP contribution in [0, 0.1) is 13.8 Å². The molecule has 0 spiro atoms. The lowest BCUT2D eigenvalue weighted by atomic mass is 10.1. The van der Waals surface area contributed by atoms with Gasteiger partial charge in [0.05, 0.1) is 5.69 Å². The van der Waals surface area contributed by atoms with Gasteiger partial charge in [0.2, 0.25) is 0 Å². The van der Waals surface area contributed by atoms with E-state index in [4.69, 9.17) is 4.99 Å². The molecule has 8 heteroatoms. The number of halogens is 1. The summed E-state index contributed by atoms with van der Waals surface area (Å²) in [6.45, 7) is 8.46. The zero-order valence-electron chi connectivity index (χ0n) is 19.0. The van der Waals surface area contributed by atoms with Crippen LogP contribution in [0.4, 0.5) is 0 Å². The van der Waals surface area contributed by atoms with Gasteiger partial charge in [-0.1, -0.05) is 12.1 Å². The van der Waals surface area contributed by atoms with Gasteiger partial charge in [-0.25, -0.2) is 0 Å². The van der Waals surface area contributed by atoms with E-state index in [0.717, 1.165) is 48.7 Å². The Morgan fingerprint density at radius 1 is 1.20 bits per heavy atom. The topological polar surface area (TPSA) is 74.5 Å². The minimum Gasteiger partial charge on any atom is -0.357 e. The molecule has 0 saturated carbocycles. The number of hydrogen-bond acceptors (Lipinski definition) is 3. The molecule has 0 atom stereocenters. The summed E-state index contributed by atoms with van der Waals surface area (Å²) in [5.41, 5.74) is 5.39. The number of aromatic nitrogens is 2. The predicted octanol–water partition coefficient (Wildman–Crippen LogP) is 2.70. The van der Waals surface area contributed by atoms with Crippen LogP contribution in [-0.4, -0.2) is 60.3 Å². The zero-order valence-corrected chi connectivity index (χ0v) is 21.3. The van der Waals surface area contributed by atoms with Gasteiger partial charge < -0.3 is 15.5 Å². The lowest BCUT2D eigenvalue weighted by molar-refractivity contribution is 0.0827. The number of carbonyl (C=O) groups is 1. The van der Waals surface area contributed by atoms with E-state index < -0.39 is 0 Å². The molecule has 0 saturated heterocycles. The van der Waals surface area contributed by atoms with Crippen molar-refractivity contribution in [3.05, 3.63) is 52.3 Å². The molecule has 0 aliphatic carbocycles. The van der Waals surface area contributed by atoms with Crippen LogP contribution in [0.2, 0.25) is 0 Å². The quantitative estimate of drug-likeness (QED) is 0.315. The van der Waals surface area contributed by atoms with Gasteiger partial charge in [0, 0.05) is 52.0 Å². The number of benzene rings is 1. The molecule has 7 nitrogen and oxygen atoms in total. The maximum absolute atomic E-state index is 12.1. The lowest BCUT2D eigenvalue weighted by Crippen LogP contribution is -2.38. The maximum atomic E-state index is 12.1. The first-order valence-corrected chi connectivity index (χ1v) is 10.1. The summed E-state index contributed by atoms with van der Waals surface area (Å²) in [6.07, 6.45) is 1.69. The van der Waals surface area contributed by atoms with E-state index in [-0.39, 0.29) is 29.9 Å². The predicted molar refractivity (Wildman–Crippen MR) is 134 cm³/mol. The van der Waals surface area contributed by atoms with Gasteiger partial charge in [-0.05, 0) is 56.9 Å². The number of aryl methyl sites for hydroxylation is 2. The van der Waals surface area contributed by atoms with E-state index >= 15 is 0 Å². The van der Waals surface area contributed by atoms with Gasteiger partial charge in [0.15, 0.2) is 5.96 Å². The third kappa shape index (κ3) is 7.30. The van der Waals surface area contributed by atoms with Gasteiger partial charge in [0.1, 0.15) is 0 Å². The Morgan fingerprint density at radius 3 is 2.53 bits per heavy atom. The molecule has 1 aromatic carbocycles. The van der Waals surface area contributed by atoms with Crippen molar-refractivity contribution < 1.29 is 4.79 Å². The van der Waals surface area contributed by atoms with E-state index in [1.165, 1.54) is 11.3 Å². The van der Waals surface area contributed by atoms with Gasteiger partial charge in [-0.3, -0.25) is 14.5 Å². The molecule has 0 bridgehead atoms. The van der Waals surface area contributed by atoms with Gasteiger partial charge >= 0.3 is 0 Å². The number of guanidine groups is 1. The summed E-state index contributed by atoms with van der Waals surface area (Å²) in [5.74, 6) is 0.836. The van der Waals surface area contributed by atoms with Crippen LogP contribution in [0.5, 0.6) is 0 Å². The van der Waals surface area contributed by atoms with Crippen LogP contribution < -0.4 is 10.6 Å². The molecule has 166 valence electrons. The first-order chi connectivity index (χ1) is 13.8. The summed E-state index contributed by atoms with van der Waals surface area (Å²) in [4.78, 5) is 18.4. The summed E-state index contributed by atoms with van der Waals surface area (Å²) in [5, 5.41) is 11.1. The summed E-state index contributed by atoms with van der Waals surface area (Å²) < 4.78 is 1.92. The number of nitrogens with one attached hydrogen (secondary N) is 2. The Morgan fingerprint density at radius 2 is 1.93 bits per heavy atom. The number of aliphatic imine (C=N–C) groups is 1. The highest BCUT2D eigenvalue weighted by atomic mass is 127. The zero-order chi connectivity index (χ0) is 21.4. The average molecular weight is 526 g/mol. The highest BCUT2D eigenvalue weighted by Crippen LogP contribution is 2.12. The molecule has 2 N–H and O–H groups in total. The first-order valence-electron chi connectivity index (χ1n) is 10.1. The molecule has 2 aromatic rings. The van der Waals surface area contributed by atoms with E-state index in [9.17, 15) is 4.79 Å². The Labute approximate surface area is 197 Å². The molecule has 1 amide bonds. The third-order valence-corrected chi connectivity index (χ3v) is 4.92. The van der Waals surface area contributed by atoms with Crippen molar-refractivity contribution in [2.45, 2.75) is 33.6 Å². The highest BCUT2D eigenvalue weighted by molar-refractivity contribution is 14.0. The van der Waals surface area contributed by atoms with Crippen LogP contribution in [0.15, 0.2) is 29.3 Å². The average Bonchev–Trinajstić information content (AvgIpc) is 2.93. The minimum atomic E-state index is 0. The van der Waals surface area contributed by atoms with E-state index in [1.54, 1.807) is 19.0 Å². The molecule has 0 radical (unpaired) electrons. The third-order valence-electron chi connectivity index (χ3n) is 4.92. The second kappa shape index (κ2) is 12.6. The highest BCUT2D eigenvalue weighted by Gasteiger charge is 2.09. The molecule has 0 aliphatic heterocycles. The summed E-state index contributed by atoms with van der Waals surface area (Å²) in [7, 11) is 5.51. The molecule has 1 heterocycles. The summed E-state index contributed by atoms with van der Waals surface area (Å²) >= 11 is 0. The smallest absolute Gasteiger partial charge is 0.253 e. The second-order valence-corrected chi connectivity index (χ2v) is 7.36. The van der Waals surface area contributed by atoms with Gasteiger partial charge in [0.25, 0.3) is 5.91 Å². The number of carbonyl (C=O) groups excluding carboxylic acids is 1. The normalized spacial score (nSPS) is 11.1. The lowest BCUT2D eigenvalue weighted by Gasteiger charge is -2.13. The fourth-order valence-corrected chi connectivity index (χ4v) is 3.24. The van der Waals surface area contributed by atoms with E-state index in [2.05, 4.69) is 29.6 Å². The SMILES string of the molecule is CCNC(=NCCc1c(C)nn(C)c1C)NCCc1cccc(C(=O)N(C)C)c1.I. The molecular weight excluding hydrogens is 491 g/mol. The van der Waals surface area contributed by atoms with Crippen LogP contribution in [-0.2, 0) is 19.9 Å². The summed E-state index contributed by atoms with van der Waals surface area (Å²) in [6, 6.07) is 7.80. The van der Waals surface area contributed by atoms with Gasteiger partial charge in [-0.15, -0.1) is 24.0 Å². The Balaban J connectivity index is 0.00000450. The molecule has 1 aromatic heterocycles. The van der Waals surface area contributed by atoms with Crippen LogP contribution in [0.25, 0.3) is 0 Å². The minimum absolute atomic E-state index is 0. The molecule has 0 aliphatic rings. The van der Waals surface area contributed by atoms with Crippen molar-refractivity contribution >= 4 is 35.8 Å². The van der Waals surface area contributed by atoms with Crippen LogP contribution >= 0.6 is 24.0 Å². The Kier molecular flexibility index (Phi) is 10.9. The van der Waals surface area contributed by atoms with Crippen LogP contribution in [0.1, 0.15) is 39.8 Å². The van der Waals surface area contributed by atoms with E-state index in [1.807, 2.05) is 42.9 Å². The molecule has 2 rings (SSSR count). The van der Waals surface area contributed by atoms with E-state index in [0.29, 0.717) is 6.54 Å². The molecule has 0 fully saturated rings. The molecule has 0 unspecified atom stereocenters. The number of amides is 1. The van der Waals surface area contributed by atoms with Crippen molar-refractivity contribution in [1.29, 1.82) is 0 Å². The second-order valence-electron chi connectivity index (χ2n) is 7.36. The van der Waals surface area contributed by atoms with Crippen molar-refractivity contribution in [2.24, 2.45) is 12.0 Å². The molecular formula is C22H35IN6O. The van der Waals surface area contributed by atoms with Crippen LogP contribution in [0.3, 0.4) is 0 Å². The van der Waals surface area contributed by atoms with Crippen molar-refractivity contribution in [3.63, 3.8) is 0 Å². The standard InChI is InChI=1S/C22H34N6O.HI/c1-7-23-22(25-14-12-20-16(2)26-28(6)17(20)3)24-13-11-18-9-8-10-19(15-18)21(29)27(4)5;/h8-10,15H,7,11-14H2,1-6H3,(H2,23,24,25);1H. The van der Waals surface area contributed by atoms with Crippen molar-refractivity contribution in [1.82, 2.24) is 25.3 Å². The maximum Gasteiger partial charge on any atom is 0.253 e. The first kappa shape index (κ1) is 25.9. The Hall–Kier alpha value is -2.10. The largest absolute Gasteiger partial charge is 0.357 e. The van der Waals surface area contributed by atoms with Crippen molar-refractivity contribution in [2.75, 3.05) is 33.7 Å². The van der Waals surface area contributed by atoms with Gasteiger partial charge in [-0.2, -0.15) is 5.10 Å². The Bertz CT molecular complexity index is 859. The number of hydrogen-bond donors (Lipinski definition) is 2. The monoisotopic (exact) mass is 526 g/mol. The fraction of sp³-hybridized carbons (Fsp3) is 0.500. The number of rotatable bonds is 8.